The quantitative estimate of drug-likeness (QED) is 0.0282. The third-order valence-electron chi connectivity index (χ3n) is 9.80. The normalized spacial score (nSPS) is 15.0. The van der Waals surface area contributed by atoms with Gasteiger partial charge in [-0.1, -0.05) is 74.3 Å². The Hall–Kier alpha value is -5.62. The lowest BCUT2D eigenvalue weighted by Gasteiger charge is -2.19. The first kappa shape index (κ1) is 42.0. The fourth-order valence-electron chi connectivity index (χ4n) is 6.65. The van der Waals surface area contributed by atoms with Crippen LogP contribution < -0.4 is 4.74 Å². The van der Waals surface area contributed by atoms with Crippen molar-refractivity contribution in [2.75, 3.05) is 32.2 Å². The molecule has 302 valence electrons. The molecule has 0 bridgehead atoms. The smallest absolute Gasteiger partial charge is 0.435 e. The summed E-state index contributed by atoms with van der Waals surface area (Å²) in [4.78, 5) is 61.4. The molecule has 0 N–H and O–H groups in total. The second kappa shape index (κ2) is 19.2. The lowest BCUT2D eigenvalue weighted by Crippen LogP contribution is -2.33. The van der Waals surface area contributed by atoms with Gasteiger partial charge in [-0.05, 0) is 81.3 Å². The lowest BCUT2D eigenvalue weighted by atomic mass is 9.99. The Bertz CT molecular complexity index is 2280. The van der Waals surface area contributed by atoms with E-state index in [1.807, 2.05) is 45.9 Å². The molecule has 1 atom stereocenters. The molecule has 2 heterocycles. The molecular weight excluding hydrogens is 758 g/mol. The van der Waals surface area contributed by atoms with E-state index >= 15 is 0 Å². The summed E-state index contributed by atoms with van der Waals surface area (Å²) >= 11 is 6.30. The number of ether oxygens (including phenoxy) is 3. The summed E-state index contributed by atoms with van der Waals surface area (Å²) in [5.41, 5.74) is 3.07. The molecule has 0 radical (unpaired) electrons. The number of rotatable bonds is 18. The second-order valence-corrected chi connectivity index (χ2v) is 14.8. The number of halogens is 1. The summed E-state index contributed by atoms with van der Waals surface area (Å²) in [6, 6.07) is 28.0. The number of ketones is 3. The molecule has 11 nitrogen and oxygen atoms in total. The third-order valence-corrected chi connectivity index (χ3v) is 10.1. The van der Waals surface area contributed by atoms with E-state index in [1.165, 1.54) is 0 Å². The van der Waals surface area contributed by atoms with Crippen molar-refractivity contribution in [2.24, 2.45) is 5.16 Å². The lowest BCUT2D eigenvalue weighted by molar-refractivity contribution is -0.141. The second-order valence-electron chi connectivity index (χ2n) is 14.6. The van der Waals surface area contributed by atoms with E-state index in [2.05, 4.69) is 5.16 Å². The van der Waals surface area contributed by atoms with Crippen LogP contribution in [0.2, 0.25) is 0 Å². The zero-order valence-electron chi connectivity index (χ0n) is 33.2. The highest BCUT2D eigenvalue weighted by molar-refractivity contribution is 6.54. The maximum absolute atomic E-state index is 14.3. The average Bonchev–Trinajstić information content (AvgIpc) is 3.81. The Morgan fingerprint density at radius 2 is 1.47 bits per heavy atom. The molecule has 0 spiro atoms. The predicted molar refractivity (Wildman–Crippen MR) is 224 cm³/mol. The number of nitrogens with zero attached hydrogens (tertiary/aromatic N) is 3. The zero-order valence-corrected chi connectivity index (χ0v) is 34.0. The summed E-state index contributed by atoms with van der Waals surface area (Å²) < 4.78 is 19.2. The van der Waals surface area contributed by atoms with Gasteiger partial charge >= 0.3 is 6.09 Å². The first-order valence-electron chi connectivity index (χ1n) is 19.6. The van der Waals surface area contributed by atoms with Crippen molar-refractivity contribution < 1.29 is 38.2 Å². The SMILES string of the molecule is CCCCN(CCCC)C(=O)O/N=C(/CCl)C(=O)c1cn(-c2ccc(C(=O)c3ccccc3)cc2)c2ccc(C(=O)c3cccc(OCC4COC(C)(C)O4)c3)cc12. The van der Waals surface area contributed by atoms with Gasteiger partial charge in [0.05, 0.1) is 18.0 Å². The Kier molecular flexibility index (Phi) is 13.9. The van der Waals surface area contributed by atoms with Gasteiger partial charge in [0.2, 0.25) is 5.78 Å². The molecule has 0 aliphatic carbocycles. The number of hydrogen-bond donors (Lipinski definition) is 0. The van der Waals surface area contributed by atoms with Gasteiger partial charge in [-0.25, -0.2) is 4.79 Å². The van der Waals surface area contributed by atoms with E-state index in [0.717, 1.165) is 25.7 Å². The summed E-state index contributed by atoms with van der Waals surface area (Å²) in [7, 11) is 0. The molecule has 1 amide bonds. The zero-order chi connectivity index (χ0) is 41.2. The monoisotopic (exact) mass is 805 g/mol. The van der Waals surface area contributed by atoms with Gasteiger partial charge in [0.15, 0.2) is 17.4 Å². The summed E-state index contributed by atoms with van der Waals surface area (Å²) in [6.45, 7) is 9.43. The molecule has 1 saturated heterocycles. The topological polar surface area (TPSA) is 126 Å². The number of hydrogen-bond acceptors (Lipinski definition) is 9. The van der Waals surface area contributed by atoms with Crippen LogP contribution in [-0.2, 0) is 14.3 Å². The number of carbonyl (C=O) groups excluding carboxylic acids is 4. The van der Waals surface area contributed by atoms with Gasteiger partial charge in [0.1, 0.15) is 24.2 Å². The minimum Gasteiger partial charge on any atom is -0.491 e. The van der Waals surface area contributed by atoms with Gasteiger partial charge in [-0.3, -0.25) is 19.2 Å². The van der Waals surface area contributed by atoms with Crippen molar-refractivity contribution in [1.82, 2.24) is 9.47 Å². The van der Waals surface area contributed by atoms with Gasteiger partial charge < -0.3 is 23.7 Å². The van der Waals surface area contributed by atoms with Gasteiger partial charge in [0.25, 0.3) is 0 Å². The highest BCUT2D eigenvalue weighted by Gasteiger charge is 2.33. The van der Waals surface area contributed by atoms with E-state index in [1.54, 1.807) is 94.5 Å². The number of carbonyl (C=O) groups is 4. The molecular formula is C46H48ClN3O8. The number of amides is 1. The molecule has 12 heteroatoms. The molecule has 1 aliphatic rings. The number of Topliss-reactive ketones (excluding diaryl/α,β-unsaturated/α-hetero) is 1. The van der Waals surface area contributed by atoms with Crippen molar-refractivity contribution in [3.05, 3.63) is 131 Å². The standard InChI is InChI=1S/C46H48ClN3O8/c1-5-7-23-49(24-8-6-2)45(54)58-48-40(27-47)44(53)39-28-50(35-20-17-32(18-21-35)42(51)31-13-10-9-11-14-31)41-22-19-34(26-38(39)41)43(52)33-15-12-16-36(25-33)55-29-37-30-56-46(3,4)57-37/h9-22,25-26,28,37H,5-8,23-24,27,29-30H2,1-4H3/b48-40-. The molecule has 1 fully saturated rings. The number of alkyl halides is 1. The van der Waals surface area contributed by atoms with Crippen LogP contribution in [0.1, 0.15) is 95.6 Å². The molecule has 1 aliphatic heterocycles. The summed E-state index contributed by atoms with van der Waals surface area (Å²) in [5.74, 6) is -1.50. The minimum atomic E-state index is -0.681. The molecule has 0 saturated carbocycles. The van der Waals surface area contributed by atoms with Crippen LogP contribution in [0, 0.1) is 0 Å². The third kappa shape index (κ3) is 10.1. The van der Waals surface area contributed by atoms with Crippen LogP contribution in [0.3, 0.4) is 0 Å². The molecule has 58 heavy (non-hydrogen) atoms. The average molecular weight is 806 g/mol. The van der Waals surface area contributed by atoms with E-state index in [0.29, 0.717) is 64.3 Å². The van der Waals surface area contributed by atoms with Crippen molar-refractivity contribution in [3.63, 3.8) is 0 Å². The largest absolute Gasteiger partial charge is 0.491 e. The molecule has 5 aromatic rings. The molecule has 6 rings (SSSR count). The van der Waals surface area contributed by atoms with Gasteiger partial charge in [0, 0.05) is 58.2 Å². The van der Waals surface area contributed by atoms with Crippen molar-refractivity contribution in [2.45, 2.75) is 65.3 Å². The summed E-state index contributed by atoms with van der Waals surface area (Å²) in [6.07, 6.45) is 4.13. The van der Waals surface area contributed by atoms with Crippen LogP contribution in [0.15, 0.2) is 108 Å². The highest BCUT2D eigenvalue weighted by atomic mass is 35.5. The van der Waals surface area contributed by atoms with E-state index in [-0.39, 0.29) is 41.4 Å². The first-order valence-corrected chi connectivity index (χ1v) is 20.1. The minimum absolute atomic E-state index is 0.122. The van der Waals surface area contributed by atoms with Crippen molar-refractivity contribution in [1.29, 1.82) is 0 Å². The fourth-order valence-corrected chi connectivity index (χ4v) is 6.82. The first-order chi connectivity index (χ1) is 28.0. The number of aromatic nitrogens is 1. The Morgan fingerprint density at radius 3 is 2.12 bits per heavy atom. The predicted octanol–water partition coefficient (Wildman–Crippen LogP) is 9.44. The molecule has 4 aromatic carbocycles. The van der Waals surface area contributed by atoms with Crippen molar-refractivity contribution >= 4 is 51.7 Å². The van der Waals surface area contributed by atoms with Gasteiger partial charge in [-0.15, -0.1) is 11.6 Å². The van der Waals surface area contributed by atoms with Crippen LogP contribution in [0.5, 0.6) is 5.75 Å². The maximum atomic E-state index is 14.3. The van der Waals surface area contributed by atoms with Crippen molar-refractivity contribution in [3.8, 4) is 11.4 Å². The van der Waals surface area contributed by atoms with Crippen LogP contribution in [0.4, 0.5) is 4.79 Å². The highest BCUT2D eigenvalue weighted by Crippen LogP contribution is 2.30. The fraction of sp³-hybridized carbons (Fsp3) is 0.326. The van der Waals surface area contributed by atoms with Crippen LogP contribution >= 0.6 is 11.6 Å². The Balaban J connectivity index is 1.33. The van der Waals surface area contributed by atoms with Crippen LogP contribution in [-0.4, -0.2) is 82.7 Å². The van der Waals surface area contributed by atoms with Gasteiger partial charge in [-0.2, -0.15) is 0 Å². The number of unbranched alkanes of at least 4 members (excludes halogenated alkanes) is 2. The molecule has 1 unspecified atom stereocenters. The van der Waals surface area contributed by atoms with E-state index in [4.69, 9.17) is 30.6 Å². The number of benzene rings is 4. The number of oxime groups is 1. The number of fused-ring (bicyclic) bond motifs is 1. The maximum Gasteiger partial charge on any atom is 0.435 e. The van der Waals surface area contributed by atoms with E-state index < -0.39 is 17.7 Å². The Labute approximate surface area is 343 Å². The van der Waals surface area contributed by atoms with E-state index in [9.17, 15) is 19.2 Å². The van der Waals surface area contributed by atoms with Crippen LogP contribution in [0.25, 0.3) is 16.6 Å². The summed E-state index contributed by atoms with van der Waals surface area (Å²) in [5, 5.41) is 4.42. The molecule has 1 aromatic heterocycles. The Morgan fingerprint density at radius 1 is 0.828 bits per heavy atom.